The van der Waals surface area contributed by atoms with Gasteiger partial charge in [0.25, 0.3) is 5.91 Å². The molecule has 0 spiro atoms. The van der Waals surface area contributed by atoms with E-state index in [1.165, 1.54) is 0 Å². The third-order valence-electron chi connectivity index (χ3n) is 3.55. The highest BCUT2D eigenvalue weighted by atomic mass is 16.2. The Balaban J connectivity index is 1.61. The van der Waals surface area contributed by atoms with Gasteiger partial charge in [-0.3, -0.25) is 4.79 Å². The van der Waals surface area contributed by atoms with Gasteiger partial charge in [0.1, 0.15) is 0 Å². The minimum atomic E-state index is -0.645. The number of primary amides is 1. The summed E-state index contributed by atoms with van der Waals surface area (Å²) in [6.07, 6.45) is 5.39. The fourth-order valence-corrected chi connectivity index (χ4v) is 2.34. The Labute approximate surface area is 144 Å². The number of anilines is 2. The molecule has 0 atom stereocenters. The number of imidazole rings is 1. The molecule has 4 N–H and O–H groups in total. The van der Waals surface area contributed by atoms with E-state index in [0.717, 1.165) is 12.1 Å². The number of urea groups is 1. The number of hydrogen-bond donors (Lipinski definition) is 3. The predicted octanol–water partition coefficient (Wildman–Crippen LogP) is 2.67. The van der Waals surface area contributed by atoms with Crippen LogP contribution in [0.4, 0.5) is 16.2 Å². The van der Waals surface area contributed by atoms with Crippen LogP contribution in [0.25, 0.3) is 0 Å². The summed E-state index contributed by atoms with van der Waals surface area (Å²) in [5, 5.41) is 5.28. The molecule has 2 aromatic carbocycles. The maximum atomic E-state index is 12.3. The van der Waals surface area contributed by atoms with Crippen LogP contribution in [0, 0.1) is 0 Å². The molecule has 1 heterocycles. The fraction of sp³-hybridized carbons (Fsp3) is 0.0556. The van der Waals surface area contributed by atoms with Crippen LogP contribution < -0.4 is 16.4 Å². The standard InChI is InChI=1S/C18H17N5O2/c19-18(25)22-16-7-3-14(4-8-16)17(24)21-15-5-1-13(2-6-15)11-23-10-9-20-12-23/h1-10,12H,11H2,(H,21,24)(H3,19,22,25). The van der Waals surface area contributed by atoms with Crippen molar-refractivity contribution in [3.63, 3.8) is 0 Å². The molecule has 3 rings (SSSR count). The van der Waals surface area contributed by atoms with Crippen molar-refractivity contribution in [1.29, 1.82) is 0 Å². The highest BCUT2D eigenvalue weighted by Gasteiger charge is 2.06. The van der Waals surface area contributed by atoms with Gasteiger partial charge in [-0.05, 0) is 42.0 Å². The normalized spacial score (nSPS) is 10.2. The van der Waals surface area contributed by atoms with E-state index in [4.69, 9.17) is 5.73 Å². The van der Waals surface area contributed by atoms with Crippen molar-refractivity contribution in [2.24, 2.45) is 5.73 Å². The van der Waals surface area contributed by atoms with Crippen molar-refractivity contribution in [3.8, 4) is 0 Å². The molecular formula is C18H17N5O2. The monoisotopic (exact) mass is 335 g/mol. The SMILES string of the molecule is NC(=O)Nc1ccc(C(=O)Nc2ccc(Cn3ccnc3)cc2)cc1. The zero-order chi connectivity index (χ0) is 17.6. The van der Waals surface area contributed by atoms with Crippen LogP contribution >= 0.6 is 0 Å². The number of hydrogen-bond acceptors (Lipinski definition) is 3. The molecule has 126 valence electrons. The molecule has 7 heteroatoms. The minimum absolute atomic E-state index is 0.229. The summed E-state index contributed by atoms with van der Waals surface area (Å²) in [5.74, 6) is -0.229. The van der Waals surface area contributed by atoms with Crippen LogP contribution in [0.3, 0.4) is 0 Å². The maximum Gasteiger partial charge on any atom is 0.316 e. The topological polar surface area (TPSA) is 102 Å². The largest absolute Gasteiger partial charge is 0.351 e. The molecule has 0 saturated carbocycles. The van der Waals surface area contributed by atoms with Gasteiger partial charge in [-0.2, -0.15) is 0 Å². The summed E-state index contributed by atoms with van der Waals surface area (Å²) < 4.78 is 1.97. The van der Waals surface area contributed by atoms with Crippen LogP contribution in [0.15, 0.2) is 67.3 Å². The average Bonchev–Trinajstić information content (AvgIpc) is 3.10. The van der Waals surface area contributed by atoms with E-state index in [2.05, 4.69) is 15.6 Å². The van der Waals surface area contributed by atoms with Gasteiger partial charge in [-0.25, -0.2) is 9.78 Å². The molecular weight excluding hydrogens is 318 g/mol. The molecule has 0 saturated heterocycles. The molecule has 0 bridgehead atoms. The lowest BCUT2D eigenvalue weighted by atomic mass is 10.1. The molecule has 0 aliphatic carbocycles. The number of carbonyl (C=O) groups excluding carboxylic acids is 2. The fourth-order valence-electron chi connectivity index (χ4n) is 2.34. The average molecular weight is 335 g/mol. The first-order valence-electron chi connectivity index (χ1n) is 7.63. The highest BCUT2D eigenvalue weighted by Crippen LogP contribution is 2.14. The zero-order valence-electron chi connectivity index (χ0n) is 13.3. The second kappa shape index (κ2) is 7.31. The van der Waals surface area contributed by atoms with Gasteiger partial charge in [-0.1, -0.05) is 12.1 Å². The third kappa shape index (κ3) is 4.44. The van der Waals surface area contributed by atoms with E-state index in [9.17, 15) is 9.59 Å². The quantitative estimate of drug-likeness (QED) is 0.668. The number of nitrogens with two attached hydrogens (primary N) is 1. The van der Waals surface area contributed by atoms with Crippen LogP contribution in [0.2, 0.25) is 0 Å². The van der Waals surface area contributed by atoms with Crippen LogP contribution in [-0.4, -0.2) is 21.5 Å². The van der Waals surface area contributed by atoms with Crippen LogP contribution in [0.1, 0.15) is 15.9 Å². The van der Waals surface area contributed by atoms with Gasteiger partial charge < -0.3 is 20.9 Å². The number of nitrogens with zero attached hydrogens (tertiary/aromatic N) is 2. The molecule has 3 aromatic rings. The van der Waals surface area contributed by atoms with Crippen molar-refractivity contribution < 1.29 is 9.59 Å². The summed E-state index contributed by atoms with van der Waals surface area (Å²) in [5.41, 5.74) is 7.88. The summed E-state index contributed by atoms with van der Waals surface area (Å²) in [6.45, 7) is 0.725. The van der Waals surface area contributed by atoms with Gasteiger partial charge in [-0.15, -0.1) is 0 Å². The first-order valence-corrected chi connectivity index (χ1v) is 7.63. The lowest BCUT2D eigenvalue weighted by Crippen LogP contribution is -2.19. The summed E-state index contributed by atoms with van der Waals surface area (Å²) in [4.78, 5) is 27.0. The number of nitrogens with one attached hydrogen (secondary N) is 2. The van der Waals surface area contributed by atoms with Crippen LogP contribution in [-0.2, 0) is 6.54 Å². The van der Waals surface area contributed by atoms with Gasteiger partial charge in [0.05, 0.1) is 6.33 Å². The Hall–Kier alpha value is -3.61. The molecule has 0 radical (unpaired) electrons. The van der Waals surface area contributed by atoms with Crippen molar-refractivity contribution in [3.05, 3.63) is 78.4 Å². The zero-order valence-corrected chi connectivity index (χ0v) is 13.3. The number of aromatic nitrogens is 2. The molecule has 0 fully saturated rings. The molecule has 0 aliphatic heterocycles. The molecule has 3 amide bonds. The van der Waals surface area contributed by atoms with E-state index in [1.807, 2.05) is 35.0 Å². The number of benzene rings is 2. The predicted molar refractivity (Wildman–Crippen MR) is 95.4 cm³/mol. The third-order valence-corrected chi connectivity index (χ3v) is 3.55. The van der Waals surface area contributed by atoms with E-state index < -0.39 is 6.03 Å². The molecule has 0 aliphatic rings. The van der Waals surface area contributed by atoms with Crippen LogP contribution in [0.5, 0.6) is 0 Å². The number of rotatable bonds is 5. The lowest BCUT2D eigenvalue weighted by Gasteiger charge is -2.08. The van der Waals surface area contributed by atoms with Gasteiger partial charge in [0, 0.05) is 35.9 Å². The van der Waals surface area contributed by atoms with E-state index in [1.54, 1.807) is 36.8 Å². The second-order valence-electron chi connectivity index (χ2n) is 5.45. The maximum absolute atomic E-state index is 12.3. The van der Waals surface area contributed by atoms with Gasteiger partial charge >= 0.3 is 6.03 Å². The Bertz CT molecular complexity index is 855. The van der Waals surface area contributed by atoms with E-state index in [-0.39, 0.29) is 5.91 Å². The first kappa shape index (κ1) is 16.3. The second-order valence-corrected chi connectivity index (χ2v) is 5.45. The van der Waals surface area contributed by atoms with Crippen molar-refractivity contribution in [2.45, 2.75) is 6.54 Å². The van der Waals surface area contributed by atoms with Crippen molar-refractivity contribution >= 4 is 23.3 Å². The summed E-state index contributed by atoms with van der Waals surface area (Å²) >= 11 is 0. The smallest absolute Gasteiger partial charge is 0.316 e. The first-order chi connectivity index (χ1) is 12.1. The van der Waals surface area contributed by atoms with Gasteiger partial charge in [0.2, 0.25) is 0 Å². The highest BCUT2D eigenvalue weighted by molar-refractivity contribution is 6.04. The molecule has 1 aromatic heterocycles. The Kier molecular flexibility index (Phi) is 4.75. The van der Waals surface area contributed by atoms with Gasteiger partial charge in [0.15, 0.2) is 0 Å². The van der Waals surface area contributed by atoms with E-state index >= 15 is 0 Å². The molecule has 25 heavy (non-hydrogen) atoms. The molecule has 7 nitrogen and oxygen atoms in total. The summed E-state index contributed by atoms with van der Waals surface area (Å²) in [6, 6.07) is 13.4. The molecule has 0 unspecified atom stereocenters. The lowest BCUT2D eigenvalue weighted by molar-refractivity contribution is 0.102. The Morgan fingerprint density at radius 2 is 1.60 bits per heavy atom. The van der Waals surface area contributed by atoms with Crippen molar-refractivity contribution in [1.82, 2.24) is 9.55 Å². The number of amides is 3. The Morgan fingerprint density at radius 1 is 0.960 bits per heavy atom. The Morgan fingerprint density at radius 3 is 2.20 bits per heavy atom. The minimum Gasteiger partial charge on any atom is -0.351 e. The summed E-state index contributed by atoms with van der Waals surface area (Å²) in [7, 11) is 0. The van der Waals surface area contributed by atoms with Crippen molar-refractivity contribution in [2.75, 3.05) is 10.6 Å². The van der Waals surface area contributed by atoms with E-state index in [0.29, 0.717) is 16.9 Å². The number of carbonyl (C=O) groups is 2.